The Balaban J connectivity index is 2.06. The monoisotopic (exact) mass is 576 g/mol. The minimum absolute atomic E-state index is 0.175. The first-order valence-electron chi connectivity index (χ1n) is 13.5. The fraction of sp³-hybridized carbons (Fsp3) is 0.731. The molecule has 1 aromatic heterocycles. The van der Waals surface area contributed by atoms with Crippen molar-refractivity contribution < 1.29 is 60.4 Å². The van der Waals surface area contributed by atoms with Crippen molar-refractivity contribution >= 4 is 11.0 Å². The molecule has 0 radical (unpaired) electrons. The van der Waals surface area contributed by atoms with Gasteiger partial charge in [0.05, 0.1) is 45.1 Å². The molecule has 40 heavy (non-hydrogen) atoms. The van der Waals surface area contributed by atoms with Gasteiger partial charge in [0.1, 0.15) is 42.4 Å². The summed E-state index contributed by atoms with van der Waals surface area (Å²) < 4.78 is 10.1. The highest BCUT2D eigenvalue weighted by atomic mass is 16.5. The number of hydrogen-bond donors (Lipinski definition) is 10. The molecule has 0 bridgehead atoms. The number of hydrogen-bond acceptors (Lipinski definition) is 12. The first-order chi connectivity index (χ1) is 19.0. The van der Waals surface area contributed by atoms with Gasteiger partial charge in [-0.15, -0.1) is 0 Å². The predicted molar refractivity (Wildman–Crippen MR) is 142 cm³/mol. The summed E-state index contributed by atoms with van der Waals surface area (Å²) in [4.78, 5) is 1.44. The van der Waals surface area contributed by atoms with Crippen LogP contribution >= 0.6 is 0 Å². The van der Waals surface area contributed by atoms with E-state index in [1.165, 1.54) is 4.90 Å². The van der Waals surface area contributed by atoms with Crippen LogP contribution in [0.1, 0.15) is 20.3 Å². The van der Waals surface area contributed by atoms with Crippen molar-refractivity contribution in [1.29, 1.82) is 0 Å². The van der Waals surface area contributed by atoms with Gasteiger partial charge in [-0.2, -0.15) is 0 Å². The number of rotatable bonds is 19. The maximum absolute atomic E-state index is 10.5. The molecular weight excluding hydrogens is 530 g/mol. The lowest BCUT2D eigenvalue weighted by Gasteiger charge is -2.33. The van der Waals surface area contributed by atoms with Crippen LogP contribution in [0.3, 0.4) is 0 Å². The molecule has 0 aliphatic heterocycles. The van der Waals surface area contributed by atoms with Crippen LogP contribution in [-0.4, -0.2) is 149 Å². The summed E-state index contributed by atoms with van der Waals surface area (Å²) in [5.74, 6) is 0.642. The zero-order chi connectivity index (χ0) is 30.0. The molecule has 8 atom stereocenters. The topological polar surface area (TPSA) is 224 Å². The number of aryl methyl sites for hydroxylation is 2. The van der Waals surface area contributed by atoms with Crippen molar-refractivity contribution in [3.63, 3.8) is 0 Å². The Hall–Kier alpha value is -1.95. The van der Waals surface area contributed by atoms with Gasteiger partial charge in [-0.3, -0.25) is 4.90 Å². The van der Waals surface area contributed by atoms with E-state index in [0.717, 1.165) is 24.1 Å². The minimum Gasteiger partial charge on any atom is -0.493 e. The number of benzene rings is 1. The van der Waals surface area contributed by atoms with Gasteiger partial charge in [-0.1, -0.05) is 0 Å². The molecule has 0 spiro atoms. The first kappa shape index (κ1) is 34.3. The molecule has 14 heteroatoms. The highest BCUT2D eigenvalue weighted by Crippen LogP contribution is 2.20. The number of ether oxygens (including phenoxy) is 1. The summed E-state index contributed by atoms with van der Waals surface area (Å²) >= 11 is 0. The van der Waals surface area contributed by atoms with Crippen molar-refractivity contribution in [2.24, 2.45) is 0 Å². The van der Waals surface area contributed by atoms with E-state index in [1.807, 2.05) is 31.5 Å². The lowest BCUT2D eigenvalue weighted by molar-refractivity contribution is -0.668. The zero-order valence-corrected chi connectivity index (χ0v) is 23.0. The Morgan fingerprint density at radius 3 is 1.80 bits per heavy atom. The van der Waals surface area contributed by atoms with E-state index >= 15 is 0 Å². The van der Waals surface area contributed by atoms with E-state index in [0.29, 0.717) is 12.2 Å². The van der Waals surface area contributed by atoms with Crippen LogP contribution in [0.2, 0.25) is 0 Å². The van der Waals surface area contributed by atoms with Gasteiger partial charge in [0.15, 0.2) is 11.0 Å². The summed E-state index contributed by atoms with van der Waals surface area (Å²) in [6.45, 7) is 3.80. The van der Waals surface area contributed by atoms with E-state index in [4.69, 9.17) is 14.9 Å². The smallest absolute Gasteiger partial charge is 0.244 e. The third-order valence-electron chi connectivity index (χ3n) is 6.95. The second-order valence-corrected chi connectivity index (χ2v) is 9.90. The SMILES string of the molecule is CCn1c[n+](CC)c2ccc(OCCCN(C[C@H](O)[C@@H](O)[C@H](O)[C@H](O)CO)C[C@H](O)[C@@H](O)[C@H](O)[C@H](O)CO)cc21. The summed E-state index contributed by atoms with van der Waals surface area (Å²) in [5.41, 5.74) is 2.09. The van der Waals surface area contributed by atoms with Gasteiger partial charge in [0, 0.05) is 25.7 Å². The standard InChI is InChI=1S/C26H46N3O11/c1-3-28-15-29(4-2)18-10-16(6-7-17(18)28)40-9-5-8-27(11-19(32)23(36)25(38)21(34)13-30)12-20(33)24(37)26(39)22(35)14-31/h6-7,10,15,19-26,30-39H,3-5,8-9,11-14H2,1-2H3/q+1/t19-,20-,21+,22+,23+,24+,25+,26+/m0/s1. The quantitative estimate of drug-likeness (QED) is 0.0569. The fourth-order valence-electron chi connectivity index (χ4n) is 4.47. The van der Waals surface area contributed by atoms with E-state index in [2.05, 4.69) is 16.1 Å². The largest absolute Gasteiger partial charge is 0.493 e. The second-order valence-electron chi connectivity index (χ2n) is 9.90. The predicted octanol–water partition coefficient (Wildman–Crippen LogP) is -4.09. The first-order valence-corrected chi connectivity index (χ1v) is 13.5. The van der Waals surface area contributed by atoms with Crippen molar-refractivity contribution in [1.82, 2.24) is 9.47 Å². The van der Waals surface area contributed by atoms with Crippen LogP contribution < -0.4 is 9.30 Å². The van der Waals surface area contributed by atoms with E-state index < -0.39 is 62.0 Å². The summed E-state index contributed by atoms with van der Waals surface area (Å²) in [6, 6.07) is 5.76. The Morgan fingerprint density at radius 2 is 1.32 bits per heavy atom. The molecule has 14 nitrogen and oxygen atoms in total. The van der Waals surface area contributed by atoms with Crippen LogP contribution in [0.5, 0.6) is 5.75 Å². The van der Waals surface area contributed by atoms with Crippen LogP contribution in [0.4, 0.5) is 0 Å². The molecule has 0 saturated carbocycles. The molecule has 230 valence electrons. The van der Waals surface area contributed by atoms with Crippen molar-refractivity contribution in [2.45, 2.75) is 82.2 Å². The maximum atomic E-state index is 10.5. The molecule has 2 rings (SSSR count). The van der Waals surface area contributed by atoms with Gasteiger partial charge < -0.3 is 55.8 Å². The number of aliphatic hydroxyl groups excluding tert-OH is 10. The molecule has 1 heterocycles. The average Bonchev–Trinajstić information content (AvgIpc) is 3.33. The second kappa shape index (κ2) is 16.5. The van der Waals surface area contributed by atoms with E-state index in [-0.39, 0.29) is 26.2 Å². The molecule has 0 saturated heterocycles. The molecular formula is C26H46N3O11+. The Morgan fingerprint density at radius 1 is 0.800 bits per heavy atom. The number of imidazole rings is 1. The molecule has 1 aromatic carbocycles. The number of nitrogens with zero attached hydrogens (tertiary/aromatic N) is 3. The molecule has 0 unspecified atom stereocenters. The minimum atomic E-state index is -1.84. The van der Waals surface area contributed by atoms with E-state index in [1.54, 1.807) is 0 Å². The van der Waals surface area contributed by atoms with Crippen LogP contribution in [0.25, 0.3) is 11.0 Å². The number of aromatic nitrogens is 2. The van der Waals surface area contributed by atoms with Gasteiger partial charge >= 0.3 is 0 Å². The Labute approximate surface area is 233 Å². The van der Waals surface area contributed by atoms with Crippen molar-refractivity contribution in [3.05, 3.63) is 24.5 Å². The molecule has 0 fully saturated rings. The van der Waals surface area contributed by atoms with Crippen LogP contribution in [-0.2, 0) is 13.1 Å². The van der Waals surface area contributed by atoms with Crippen molar-refractivity contribution in [3.8, 4) is 5.75 Å². The number of fused-ring (bicyclic) bond motifs is 1. The Kier molecular flexibility index (Phi) is 14.1. The van der Waals surface area contributed by atoms with Crippen LogP contribution in [0.15, 0.2) is 24.5 Å². The molecule has 2 aromatic rings. The zero-order valence-electron chi connectivity index (χ0n) is 23.0. The molecule has 0 amide bonds. The molecule has 0 aliphatic rings. The molecule has 0 aliphatic carbocycles. The third-order valence-corrected chi connectivity index (χ3v) is 6.95. The number of aliphatic hydroxyl groups is 10. The Bertz CT molecular complexity index is 980. The highest BCUT2D eigenvalue weighted by Gasteiger charge is 2.34. The highest BCUT2D eigenvalue weighted by molar-refractivity contribution is 5.73. The normalized spacial score (nSPS) is 18.3. The van der Waals surface area contributed by atoms with Crippen LogP contribution in [0, 0.1) is 0 Å². The summed E-state index contributed by atoms with van der Waals surface area (Å²) in [7, 11) is 0. The van der Waals surface area contributed by atoms with Crippen molar-refractivity contribution in [2.75, 3.05) is 39.5 Å². The summed E-state index contributed by atoms with van der Waals surface area (Å²) in [5, 5.41) is 98.3. The summed E-state index contributed by atoms with van der Waals surface area (Å²) in [6.07, 6.45) is -11.6. The fourth-order valence-corrected chi connectivity index (χ4v) is 4.47. The lowest BCUT2D eigenvalue weighted by atomic mass is 10.0. The average molecular weight is 577 g/mol. The van der Waals surface area contributed by atoms with Gasteiger partial charge in [-0.05, 0) is 32.4 Å². The van der Waals surface area contributed by atoms with Gasteiger partial charge in [-0.25, -0.2) is 9.13 Å². The molecule has 10 N–H and O–H groups in total. The van der Waals surface area contributed by atoms with Gasteiger partial charge in [0.2, 0.25) is 6.33 Å². The maximum Gasteiger partial charge on any atom is 0.244 e. The van der Waals surface area contributed by atoms with Gasteiger partial charge in [0.25, 0.3) is 0 Å². The lowest BCUT2D eigenvalue weighted by Crippen LogP contribution is -2.53. The van der Waals surface area contributed by atoms with E-state index in [9.17, 15) is 40.9 Å². The third kappa shape index (κ3) is 9.03.